The summed E-state index contributed by atoms with van der Waals surface area (Å²) in [6.45, 7) is 2.82. The van der Waals surface area contributed by atoms with Gasteiger partial charge in [-0.2, -0.15) is 0 Å². The molecule has 0 radical (unpaired) electrons. The Kier molecular flexibility index (Phi) is 6.31. The van der Waals surface area contributed by atoms with E-state index < -0.39 is 9.84 Å². The first kappa shape index (κ1) is 16.0. The van der Waals surface area contributed by atoms with E-state index in [0.717, 1.165) is 12.2 Å². The van der Waals surface area contributed by atoms with Gasteiger partial charge in [0.05, 0.1) is 12.9 Å². The fourth-order valence-electron chi connectivity index (χ4n) is 1.94. The summed E-state index contributed by atoms with van der Waals surface area (Å²) in [5.74, 6) is 1.08. The van der Waals surface area contributed by atoms with Gasteiger partial charge in [-0.3, -0.25) is 0 Å². The lowest BCUT2D eigenvalue weighted by Gasteiger charge is -2.17. The van der Waals surface area contributed by atoms with E-state index in [-0.39, 0.29) is 11.8 Å². The van der Waals surface area contributed by atoms with E-state index >= 15 is 0 Å². The molecule has 0 saturated heterocycles. The van der Waals surface area contributed by atoms with E-state index in [0.29, 0.717) is 13.0 Å². The molecule has 0 fully saturated rings. The second-order valence-electron chi connectivity index (χ2n) is 4.67. The number of methoxy groups -OCH3 is 1. The van der Waals surface area contributed by atoms with Gasteiger partial charge in [0.25, 0.3) is 0 Å². The molecule has 108 valence electrons. The van der Waals surface area contributed by atoms with Crippen molar-refractivity contribution in [3.8, 4) is 5.75 Å². The van der Waals surface area contributed by atoms with E-state index in [1.165, 1.54) is 11.8 Å². The van der Waals surface area contributed by atoms with Crippen LogP contribution in [0.4, 0.5) is 0 Å². The second-order valence-corrected chi connectivity index (χ2v) is 6.93. The summed E-state index contributed by atoms with van der Waals surface area (Å²) in [5, 5.41) is 3.39. The fourth-order valence-corrected chi connectivity index (χ4v) is 2.61. The van der Waals surface area contributed by atoms with Crippen LogP contribution in [0.15, 0.2) is 24.3 Å². The van der Waals surface area contributed by atoms with Crippen molar-refractivity contribution in [2.45, 2.75) is 25.8 Å². The van der Waals surface area contributed by atoms with Crippen LogP contribution in [0.3, 0.4) is 0 Å². The SMILES string of the molecule is CCC(NCCCS(C)(=O)=O)c1ccc(OC)cc1. The standard InChI is InChI=1S/C14H23NO3S/c1-4-14(15-10-5-11-19(3,16)17)12-6-8-13(18-2)9-7-12/h6-9,14-15H,4-5,10-11H2,1-3H3. The van der Waals surface area contributed by atoms with Crippen molar-refractivity contribution in [1.29, 1.82) is 0 Å². The lowest BCUT2D eigenvalue weighted by atomic mass is 10.0. The number of hydrogen-bond donors (Lipinski definition) is 1. The maximum absolute atomic E-state index is 11.0. The van der Waals surface area contributed by atoms with Crippen LogP contribution >= 0.6 is 0 Å². The van der Waals surface area contributed by atoms with Gasteiger partial charge in [0.1, 0.15) is 15.6 Å². The molecule has 0 bridgehead atoms. The van der Waals surface area contributed by atoms with Gasteiger partial charge in [-0.15, -0.1) is 0 Å². The first-order chi connectivity index (χ1) is 8.96. The van der Waals surface area contributed by atoms with Gasteiger partial charge >= 0.3 is 0 Å². The van der Waals surface area contributed by atoms with Gasteiger partial charge in [0.15, 0.2) is 0 Å². The smallest absolute Gasteiger partial charge is 0.147 e. The third-order valence-corrected chi connectivity index (χ3v) is 4.04. The highest BCUT2D eigenvalue weighted by Crippen LogP contribution is 2.19. The molecule has 19 heavy (non-hydrogen) atoms. The minimum absolute atomic E-state index is 0.235. The maximum atomic E-state index is 11.0. The molecule has 0 amide bonds. The Morgan fingerprint density at radius 3 is 2.37 bits per heavy atom. The number of benzene rings is 1. The minimum Gasteiger partial charge on any atom is -0.497 e. The van der Waals surface area contributed by atoms with Crippen LogP contribution in [0.1, 0.15) is 31.4 Å². The van der Waals surface area contributed by atoms with Gasteiger partial charge in [-0.1, -0.05) is 19.1 Å². The number of ether oxygens (including phenoxy) is 1. The van der Waals surface area contributed by atoms with Crippen molar-refractivity contribution in [3.05, 3.63) is 29.8 Å². The van der Waals surface area contributed by atoms with Crippen molar-refractivity contribution >= 4 is 9.84 Å². The predicted molar refractivity (Wildman–Crippen MR) is 78.4 cm³/mol. The average molecular weight is 285 g/mol. The van der Waals surface area contributed by atoms with E-state index in [1.54, 1.807) is 7.11 Å². The van der Waals surface area contributed by atoms with Crippen molar-refractivity contribution in [2.24, 2.45) is 0 Å². The molecular formula is C14H23NO3S. The number of rotatable bonds is 8. The van der Waals surface area contributed by atoms with Crippen molar-refractivity contribution in [3.63, 3.8) is 0 Å². The van der Waals surface area contributed by atoms with Crippen LogP contribution in [0.25, 0.3) is 0 Å². The second kappa shape index (κ2) is 7.50. The minimum atomic E-state index is -2.86. The first-order valence-corrected chi connectivity index (χ1v) is 8.57. The Balaban J connectivity index is 2.48. The Morgan fingerprint density at radius 1 is 1.26 bits per heavy atom. The summed E-state index contributed by atoms with van der Waals surface area (Å²) in [4.78, 5) is 0. The number of nitrogens with one attached hydrogen (secondary N) is 1. The largest absolute Gasteiger partial charge is 0.497 e. The van der Waals surface area contributed by atoms with Crippen molar-refractivity contribution in [1.82, 2.24) is 5.32 Å². The van der Waals surface area contributed by atoms with Crippen LogP contribution in [-0.4, -0.2) is 34.1 Å². The molecule has 1 atom stereocenters. The molecule has 0 saturated carbocycles. The van der Waals surface area contributed by atoms with E-state index in [2.05, 4.69) is 12.2 Å². The Bertz CT molecular complexity index is 468. The molecule has 0 aliphatic rings. The summed E-state index contributed by atoms with van der Waals surface area (Å²) in [6.07, 6.45) is 2.88. The maximum Gasteiger partial charge on any atom is 0.147 e. The quantitative estimate of drug-likeness (QED) is 0.744. The third-order valence-electron chi connectivity index (χ3n) is 3.01. The number of sulfone groups is 1. The van der Waals surface area contributed by atoms with Crippen LogP contribution in [0, 0.1) is 0 Å². The molecule has 0 aromatic heterocycles. The van der Waals surface area contributed by atoms with E-state index in [4.69, 9.17) is 4.74 Å². The average Bonchev–Trinajstić information content (AvgIpc) is 2.38. The molecule has 0 aliphatic carbocycles. The van der Waals surface area contributed by atoms with E-state index in [1.807, 2.05) is 24.3 Å². The zero-order valence-corrected chi connectivity index (χ0v) is 12.7. The molecule has 4 nitrogen and oxygen atoms in total. The highest BCUT2D eigenvalue weighted by Gasteiger charge is 2.09. The molecule has 0 spiro atoms. The fraction of sp³-hybridized carbons (Fsp3) is 0.571. The first-order valence-electron chi connectivity index (χ1n) is 6.51. The topological polar surface area (TPSA) is 55.4 Å². The predicted octanol–water partition coefficient (Wildman–Crippen LogP) is 2.17. The zero-order chi connectivity index (χ0) is 14.3. The lowest BCUT2D eigenvalue weighted by Crippen LogP contribution is -2.23. The molecule has 5 heteroatoms. The normalized spacial score (nSPS) is 13.2. The van der Waals surface area contributed by atoms with Gasteiger partial charge in [-0.25, -0.2) is 8.42 Å². The third kappa shape index (κ3) is 6.07. The Hall–Kier alpha value is -1.07. The molecular weight excluding hydrogens is 262 g/mol. The Labute approximate surface area is 116 Å². The molecule has 0 heterocycles. The summed E-state index contributed by atoms with van der Waals surface area (Å²) < 4.78 is 27.2. The van der Waals surface area contributed by atoms with Crippen LogP contribution in [0.2, 0.25) is 0 Å². The highest BCUT2D eigenvalue weighted by atomic mass is 32.2. The van der Waals surface area contributed by atoms with Crippen LogP contribution in [0.5, 0.6) is 5.75 Å². The van der Waals surface area contributed by atoms with Crippen molar-refractivity contribution in [2.75, 3.05) is 25.7 Å². The zero-order valence-electron chi connectivity index (χ0n) is 11.8. The Morgan fingerprint density at radius 2 is 1.89 bits per heavy atom. The van der Waals surface area contributed by atoms with Gasteiger partial charge in [-0.05, 0) is 37.1 Å². The van der Waals surface area contributed by atoms with E-state index in [9.17, 15) is 8.42 Å². The molecule has 1 N–H and O–H groups in total. The van der Waals surface area contributed by atoms with Crippen LogP contribution in [-0.2, 0) is 9.84 Å². The highest BCUT2D eigenvalue weighted by molar-refractivity contribution is 7.90. The summed E-state index contributed by atoms with van der Waals surface area (Å²) in [5.41, 5.74) is 1.20. The summed E-state index contributed by atoms with van der Waals surface area (Å²) >= 11 is 0. The molecule has 0 aliphatic heterocycles. The van der Waals surface area contributed by atoms with Gasteiger partial charge in [0, 0.05) is 12.3 Å². The molecule has 1 aromatic rings. The molecule has 1 aromatic carbocycles. The van der Waals surface area contributed by atoms with Crippen molar-refractivity contribution < 1.29 is 13.2 Å². The van der Waals surface area contributed by atoms with Gasteiger partial charge in [0.2, 0.25) is 0 Å². The molecule has 1 rings (SSSR count). The van der Waals surface area contributed by atoms with Gasteiger partial charge < -0.3 is 10.1 Å². The van der Waals surface area contributed by atoms with Crippen LogP contribution < -0.4 is 10.1 Å². The molecule has 1 unspecified atom stereocenters. The number of hydrogen-bond acceptors (Lipinski definition) is 4. The summed E-state index contributed by atoms with van der Waals surface area (Å²) in [7, 11) is -1.21. The monoisotopic (exact) mass is 285 g/mol. The summed E-state index contributed by atoms with van der Waals surface area (Å²) in [6, 6.07) is 8.21. The lowest BCUT2D eigenvalue weighted by molar-refractivity contribution is 0.414.